The average molecular weight is 474 g/mol. The van der Waals surface area contributed by atoms with Crippen molar-refractivity contribution in [2.24, 2.45) is 0 Å². The Morgan fingerprint density at radius 3 is 2.61 bits per heavy atom. The lowest BCUT2D eigenvalue weighted by molar-refractivity contribution is 0.0476. The maximum absolute atomic E-state index is 12.9. The number of rotatable bonds is 6. The molecule has 1 aliphatic rings. The molecule has 2 N–H and O–H groups in total. The molecule has 7 heteroatoms. The first kappa shape index (κ1) is 26.6. The van der Waals surface area contributed by atoms with E-state index in [0.717, 1.165) is 25.1 Å². The third-order valence-electron chi connectivity index (χ3n) is 6.16. The molecule has 0 saturated carbocycles. The van der Waals surface area contributed by atoms with Crippen LogP contribution in [0.5, 0.6) is 0 Å². The van der Waals surface area contributed by atoms with Gasteiger partial charge in [-0.1, -0.05) is 42.8 Å². The predicted molar refractivity (Wildman–Crippen MR) is 133 cm³/mol. The summed E-state index contributed by atoms with van der Waals surface area (Å²) in [5, 5.41) is 0.397. The average Bonchev–Trinajstić information content (AvgIpc) is 2.80. The Morgan fingerprint density at radius 1 is 1.12 bits per heavy atom. The highest BCUT2D eigenvalue weighted by Crippen LogP contribution is 2.27. The van der Waals surface area contributed by atoms with Crippen molar-refractivity contribution in [3.05, 3.63) is 69.9 Å². The fourth-order valence-electron chi connectivity index (χ4n) is 4.34. The minimum Gasteiger partial charge on any atom is -0.462 e. The normalized spacial score (nSPS) is 16.0. The highest BCUT2D eigenvalue weighted by Gasteiger charge is 2.20. The summed E-state index contributed by atoms with van der Waals surface area (Å²) >= 11 is 0. The van der Waals surface area contributed by atoms with Crippen molar-refractivity contribution in [1.29, 1.82) is 0 Å². The second-order valence-electron chi connectivity index (χ2n) is 8.30. The number of likely N-dealkylation sites (tertiary alicyclic amines) is 1. The monoisotopic (exact) mass is 473 g/mol. The van der Waals surface area contributed by atoms with Gasteiger partial charge in [-0.05, 0) is 51.8 Å². The molecule has 178 valence electrons. The summed E-state index contributed by atoms with van der Waals surface area (Å²) in [7, 11) is 0. The highest BCUT2D eigenvalue weighted by molar-refractivity contribution is 6.02. The van der Waals surface area contributed by atoms with Crippen LogP contribution in [0.15, 0.2) is 57.7 Å². The van der Waals surface area contributed by atoms with Crippen LogP contribution in [0.4, 0.5) is 0 Å². The molecule has 1 saturated heterocycles. The van der Waals surface area contributed by atoms with Crippen LogP contribution < -0.4 is 5.43 Å². The second kappa shape index (κ2) is 12.0. The van der Waals surface area contributed by atoms with Crippen molar-refractivity contribution in [2.45, 2.75) is 45.6 Å². The summed E-state index contributed by atoms with van der Waals surface area (Å²) in [5.74, 6) is 0.0285. The summed E-state index contributed by atoms with van der Waals surface area (Å²) in [5.41, 5.74) is 1.77. The van der Waals surface area contributed by atoms with Gasteiger partial charge in [0.05, 0.1) is 12.0 Å². The minimum atomic E-state index is -0.455. The van der Waals surface area contributed by atoms with Crippen LogP contribution in [0.1, 0.15) is 48.5 Å². The highest BCUT2D eigenvalue weighted by atomic mass is 35.5. The van der Waals surface area contributed by atoms with Crippen LogP contribution in [0.2, 0.25) is 0 Å². The zero-order valence-electron chi connectivity index (χ0n) is 19.1. The number of ether oxygens (including phenoxy) is 1. The lowest BCUT2D eigenvalue weighted by Gasteiger charge is -2.33. The Labute approximate surface area is 200 Å². The molecule has 33 heavy (non-hydrogen) atoms. The number of hydrogen-bond acceptors (Lipinski definition) is 5. The Kier molecular flexibility index (Phi) is 9.65. The maximum Gasteiger partial charge on any atom is 0.341 e. The molecule has 1 aromatic heterocycles. The summed E-state index contributed by atoms with van der Waals surface area (Å²) < 4.78 is 11.7. The third-order valence-corrected chi connectivity index (χ3v) is 6.16. The van der Waals surface area contributed by atoms with Crippen molar-refractivity contribution in [2.75, 3.05) is 19.7 Å². The van der Waals surface area contributed by atoms with Gasteiger partial charge in [0.2, 0.25) is 0 Å². The van der Waals surface area contributed by atoms with Gasteiger partial charge in [-0.2, -0.15) is 0 Å². The fraction of sp³-hybridized carbons (Fsp3) is 0.385. The van der Waals surface area contributed by atoms with Crippen LogP contribution in [0.25, 0.3) is 22.3 Å². The van der Waals surface area contributed by atoms with Gasteiger partial charge >= 0.3 is 5.97 Å². The number of hydrogen-bond donors (Lipinski definition) is 0. The van der Waals surface area contributed by atoms with Gasteiger partial charge in [0, 0.05) is 23.7 Å². The largest absolute Gasteiger partial charge is 0.462 e. The molecule has 0 spiro atoms. The number of halogens is 1. The first-order chi connectivity index (χ1) is 15.1. The van der Waals surface area contributed by atoms with Crippen LogP contribution in [-0.4, -0.2) is 42.1 Å². The summed E-state index contributed by atoms with van der Waals surface area (Å²) in [6.07, 6.45) is 4.56. The molecule has 1 fully saturated rings. The van der Waals surface area contributed by atoms with Gasteiger partial charge in [-0.15, -0.1) is 12.4 Å². The molecule has 2 aromatic carbocycles. The number of benzene rings is 2. The van der Waals surface area contributed by atoms with Gasteiger partial charge in [-0.25, -0.2) is 4.79 Å². The van der Waals surface area contributed by atoms with Gasteiger partial charge in [0.1, 0.15) is 11.3 Å². The van der Waals surface area contributed by atoms with E-state index in [4.69, 9.17) is 9.15 Å². The van der Waals surface area contributed by atoms with Crippen molar-refractivity contribution in [3.63, 3.8) is 0 Å². The molecular formula is C26H32ClNO5. The SMILES string of the molecule is Cc1c(-c2ccccc2)oc2c(C(=O)OCCCN3CCCCC3C)cccc2c1=O.Cl.O. The van der Waals surface area contributed by atoms with Gasteiger partial charge in [-0.3, -0.25) is 4.79 Å². The van der Waals surface area contributed by atoms with E-state index in [1.807, 2.05) is 30.3 Å². The molecule has 6 nitrogen and oxygen atoms in total. The van der Waals surface area contributed by atoms with E-state index in [-0.39, 0.29) is 34.5 Å². The first-order valence-electron chi connectivity index (χ1n) is 11.1. The molecular weight excluding hydrogens is 442 g/mol. The number of nitrogens with zero attached hydrogens (tertiary/aromatic N) is 1. The Morgan fingerprint density at radius 2 is 1.88 bits per heavy atom. The summed E-state index contributed by atoms with van der Waals surface area (Å²) in [4.78, 5) is 28.2. The number of carbonyl (C=O) groups excluding carboxylic acids is 1. The number of para-hydroxylation sites is 1. The van der Waals surface area contributed by atoms with E-state index in [0.29, 0.717) is 29.4 Å². The number of carbonyl (C=O) groups is 1. The van der Waals surface area contributed by atoms with Gasteiger partial charge < -0.3 is 19.5 Å². The molecule has 0 bridgehead atoms. The molecule has 3 aromatic rings. The maximum atomic E-state index is 12.9. The van der Waals surface area contributed by atoms with Gasteiger partial charge in [0.25, 0.3) is 0 Å². The molecule has 2 heterocycles. The molecule has 1 unspecified atom stereocenters. The molecule has 4 rings (SSSR count). The van der Waals surface area contributed by atoms with Crippen LogP contribution in [-0.2, 0) is 4.74 Å². The summed E-state index contributed by atoms with van der Waals surface area (Å²) in [6, 6.07) is 15.1. The third kappa shape index (κ3) is 5.82. The Bertz CT molecular complexity index is 1130. The predicted octanol–water partition coefficient (Wildman–Crippen LogP) is 4.79. The zero-order valence-corrected chi connectivity index (χ0v) is 20.0. The molecule has 0 amide bonds. The van der Waals surface area contributed by atoms with Gasteiger partial charge in [0.15, 0.2) is 11.0 Å². The number of piperidine rings is 1. The van der Waals surface area contributed by atoms with E-state index in [9.17, 15) is 9.59 Å². The van der Waals surface area contributed by atoms with Crippen LogP contribution in [0, 0.1) is 6.92 Å². The quantitative estimate of drug-likeness (QED) is 0.379. The molecule has 0 aliphatic carbocycles. The van der Waals surface area contributed by atoms with E-state index >= 15 is 0 Å². The van der Waals surface area contributed by atoms with E-state index in [1.54, 1.807) is 25.1 Å². The first-order valence-corrected chi connectivity index (χ1v) is 11.1. The van der Waals surface area contributed by atoms with E-state index < -0.39 is 5.97 Å². The van der Waals surface area contributed by atoms with E-state index in [1.165, 1.54) is 19.3 Å². The molecule has 1 atom stereocenters. The minimum absolute atomic E-state index is 0. The number of esters is 1. The summed E-state index contributed by atoms with van der Waals surface area (Å²) in [6.45, 7) is 6.40. The lowest BCUT2D eigenvalue weighted by atomic mass is 10.0. The lowest BCUT2D eigenvalue weighted by Crippen LogP contribution is -2.38. The fourth-order valence-corrected chi connectivity index (χ4v) is 4.34. The topological polar surface area (TPSA) is 91.2 Å². The van der Waals surface area contributed by atoms with Crippen molar-refractivity contribution in [1.82, 2.24) is 4.90 Å². The number of fused-ring (bicyclic) bond motifs is 1. The second-order valence-corrected chi connectivity index (χ2v) is 8.30. The molecule has 1 aliphatic heterocycles. The van der Waals surface area contributed by atoms with Crippen molar-refractivity contribution >= 4 is 29.3 Å². The Hall–Kier alpha value is -2.67. The van der Waals surface area contributed by atoms with Crippen molar-refractivity contribution in [3.8, 4) is 11.3 Å². The zero-order chi connectivity index (χ0) is 21.8. The molecule has 0 radical (unpaired) electrons. The van der Waals surface area contributed by atoms with Crippen molar-refractivity contribution < 1.29 is 19.4 Å². The van der Waals surface area contributed by atoms with Crippen LogP contribution >= 0.6 is 12.4 Å². The standard InChI is InChI=1S/C26H29NO4.ClH.H2O/c1-18-10-6-7-15-27(18)16-9-17-30-26(29)22-14-8-13-21-23(28)19(2)24(31-25(21)22)20-11-4-3-5-12-20;;/h3-5,8,11-14,18H,6-7,9-10,15-17H2,1-2H3;1H;1H2. The Balaban J connectivity index is 0.00000193. The van der Waals surface area contributed by atoms with E-state index in [2.05, 4.69) is 11.8 Å². The smallest absolute Gasteiger partial charge is 0.341 e. The van der Waals surface area contributed by atoms with Crippen LogP contribution in [0.3, 0.4) is 0 Å².